The van der Waals surface area contributed by atoms with Crippen molar-refractivity contribution in [1.82, 2.24) is 10.6 Å². The number of aromatic hydroxyl groups is 1. The van der Waals surface area contributed by atoms with Gasteiger partial charge >= 0.3 is 5.63 Å². The third-order valence-electron chi connectivity index (χ3n) is 3.45. The molecule has 1 heterocycles. The maximum atomic E-state index is 12.0. The number of amides is 2. The Bertz CT molecular complexity index is 901. The molecular formula is C16H15N2O7-. The maximum Gasteiger partial charge on any atom is 0.336 e. The quantitative estimate of drug-likeness (QED) is 0.529. The summed E-state index contributed by atoms with van der Waals surface area (Å²) in [7, 11) is 0. The van der Waals surface area contributed by atoms with Crippen molar-refractivity contribution < 1.29 is 29.0 Å². The van der Waals surface area contributed by atoms with Gasteiger partial charge in [-0.15, -0.1) is 0 Å². The topological polar surface area (TPSA) is 149 Å². The fourth-order valence-electron chi connectivity index (χ4n) is 2.21. The molecule has 9 nitrogen and oxygen atoms in total. The third kappa shape index (κ3) is 4.56. The Morgan fingerprint density at radius 2 is 1.84 bits per heavy atom. The summed E-state index contributed by atoms with van der Waals surface area (Å²) in [6.07, 6.45) is -0.194. The Balaban J connectivity index is 2.11. The van der Waals surface area contributed by atoms with Crippen LogP contribution in [0, 0.1) is 6.92 Å². The Kier molecular flexibility index (Phi) is 5.38. The van der Waals surface area contributed by atoms with Crippen LogP contribution < -0.4 is 21.4 Å². The highest BCUT2D eigenvalue weighted by atomic mass is 16.4. The van der Waals surface area contributed by atoms with Gasteiger partial charge in [0.1, 0.15) is 11.3 Å². The first-order valence-electron chi connectivity index (χ1n) is 7.26. The second kappa shape index (κ2) is 7.47. The molecule has 0 unspecified atom stereocenters. The predicted molar refractivity (Wildman–Crippen MR) is 83.6 cm³/mol. The molecule has 0 aliphatic carbocycles. The standard InChI is InChI=1S/C16H16N2O7/c1-8-11(19)3-2-10-9(5-15(24)25-16(8)10)4-12(20)17-6-13(21)18-7-14(22)23/h2-3,5,19H,4,6-7H2,1H3,(H,17,20)(H,18,21)(H,22,23)/p-1. The number of hydrogen-bond donors (Lipinski definition) is 3. The number of benzene rings is 1. The summed E-state index contributed by atoms with van der Waals surface area (Å²) in [5.41, 5.74) is 0.262. The minimum Gasteiger partial charge on any atom is -0.548 e. The van der Waals surface area contributed by atoms with Crippen LogP contribution in [-0.2, 0) is 20.8 Å². The number of aliphatic carboxylic acids is 1. The number of nitrogens with one attached hydrogen (secondary N) is 2. The van der Waals surface area contributed by atoms with Crippen molar-refractivity contribution in [2.75, 3.05) is 13.1 Å². The summed E-state index contributed by atoms with van der Waals surface area (Å²) < 4.78 is 5.08. The zero-order valence-corrected chi connectivity index (χ0v) is 13.3. The molecule has 0 atom stereocenters. The molecule has 0 radical (unpaired) electrons. The van der Waals surface area contributed by atoms with Gasteiger partial charge in [0.25, 0.3) is 0 Å². The van der Waals surface area contributed by atoms with E-state index in [2.05, 4.69) is 5.32 Å². The zero-order valence-electron chi connectivity index (χ0n) is 13.3. The minimum absolute atomic E-state index is 0.0400. The molecule has 0 bridgehead atoms. The molecular weight excluding hydrogens is 332 g/mol. The molecule has 0 saturated heterocycles. The number of rotatable bonds is 6. The van der Waals surface area contributed by atoms with Crippen LogP contribution in [0.1, 0.15) is 11.1 Å². The highest BCUT2D eigenvalue weighted by molar-refractivity contribution is 5.91. The molecule has 132 valence electrons. The number of carbonyl (C=O) groups is 3. The van der Waals surface area contributed by atoms with E-state index in [9.17, 15) is 29.4 Å². The molecule has 3 N–H and O–H groups in total. The van der Waals surface area contributed by atoms with E-state index in [0.29, 0.717) is 16.5 Å². The number of aryl methyl sites for hydroxylation is 1. The molecule has 9 heteroatoms. The first-order valence-corrected chi connectivity index (χ1v) is 7.26. The number of fused-ring (bicyclic) bond motifs is 1. The molecule has 0 fully saturated rings. The van der Waals surface area contributed by atoms with Gasteiger partial charge in [-0.3, -0.25) is 9.59 Å². The molecule has 1 aromatic carbocycles. The first-order chi connectivity index (χ1) is 11.8. The lowest BCUT2D eigenvalue weighted by atomic mass is 10.0. The van der Waals surface area contributed by atoms with E-state index in [1.54, 1.807) is 6.92 Å². The SMILES string of the molecule is Cc1c(O)ccc2c(CC(=O)NCC(=O)NCC(=O)[O-])cc(=O)oc12. The van der Waals surface area contributed by atoms with E-state index in [-0.39, 0.29) is 17.8 Å². The van der Waals surface area contributed by atoms with E-state index < -0.39 is 36.5 Å². The largest absolute Gasteiger partial charge is 0.548 e. The molecule has 2 rings (SSSR count). The fraction of sp³-hybridized carbons (Fsp3) is 0.250. The summed E-state index contributed by atoms with van der Waals surface area (Å²) in [4.78, 5) is 45.2. The van der Waals surface area contributed by atoms with Crippen LogP contribution in [0.4, 0.5) is 0 Å². The van der Waals surface area contributed by atoms with Crippen molar-refractivity contribution in [3.63, 3.8) is 0 Å². The normalized spacial score (nSPS) is 10.4. The monoisotopic (exact) mass is 347 g/mol. The number of carboxylic acid groups (broad SMARTS) is 1. The molecule has 1 aromatic heterocycles. The lowest BCUT2D eigenvalue weighted by molar-refractivity contribution is -0.304. The number of carbonyl (C=O) groups excluding carboxylic acids is 3. The van der Waals surface area contributed by atoms with Gasteiger partial charge in [0.15, 0.2) is 0 Å². The Labute approximate surface area is 141 Å². The minimum atomic E-state index is -1.44. The summed E-state index contributed by atoms with van der Waals surface area (Å²) in [6, 6.07) is 4.11. The van der Waals surface area contributed by atoms with E-state index in [1.165, 1.54) is 12.1 Å². The number of phenolic OH excluding ortho intramolecular Hbond substituents is 1. The lowest BCUT2D eigenvalue weighted by Gasteiger charge is -2.09. The lowest BCUT2D eigenvalue weighted by Crippen LogP contribution is -2.42. The van der Waals surface area contributed by atoms with Gasteiger partial charge in [-0.25, -0.2) is 4.79 Å². The summed E-state index contributed by atoms with van der Waals surface area (Å²) in [5, 5.41) is 24.8. The highest BCUT2D eigenvalue weighted by Crippen LogP contribution is 2.27. The number of carboxylic acids is 1. The summed E-state index contributed by atoms with van der Waals surface area (Å²) in [5.74, 6) is -2.71. The van der Waals surface area contributed by atoms with Crippen molar-refractivity contribution in [3.8, 4) is 5.75 Å². The average Bonchev–Trinajstić information content (AvgIpc) is 2.54. The van der Waals surface area contributed by atoms with Crippen molar-refractivity contribution >= 4 is 28.8 Å². The van der Waals surface area contributed by atoms with Crippen LogP contribution in [0.25, 0.3) is 11.0 Å². The highest BCUT2D eigenvalue weighted by Gasteiger charge is 2.14. The number of phenols is 1. The van der Waals surface area contributed by atoms with Gasteiger partial charge in [0.2, 0.25) is 11.8 Å². The Hall–Kier alpha value is -3.36. The molecule has 0 aliphatic heterocycles. The second-order valence-corrected chi connectivity index (χ2v) is 5.28. The molecule has 0 saturated carbocycles. The van der Waals surface area contributed by atoms with Crippen molar-refractivity contribution in [1.29, 1.82) is 0 Å². The van der Waals surface area contributed by atoms with Crippen molar-refractivity contribution in [3.05, 3.63) is 39.7 Å². The Morgan fingerprint density at radius 3 is 2.52 bits per heavy atom. The third-order valence-corrected chi connectivity index (χ3v) is 3.45. The van der Waals surface area contributed by atoms with E-state index >= 15 is 0 Å². The van der Waals surface area contributed by atoms with Crippen LogP contribution in [0.3, 0.4) is 0 Å². The van der Waals surface area contributed by atoms with Gasteiger partial charge in [-0.05, 0) is 24.6 Å². The number of hydrogen-bond acceptors (Lipinski definition) is 7. The predicted octanol–water partition coefficient (Wildman–Crippen LogP) is -1.67. The Morgan fingerprint density at radius 1 is 1.16 bits per heavy atom. The van der Waals surface area contributed by atoms with Crippen molar-refractivity contribution in [2.24, 2.45) is 0 Å². The van der Waals surface area contributed by atoms with Gasteiger partial charge in [0.05, 0.1) is 25.5 Å². The van der Waals surface area contributed by atoms with Gasteiger partial charge in [-0.1, -0.05) is 0 Å². The van der Waals surface area contributed by atoms with E-state index in [0.717, 1.165) is 6.07 Å². The molecule has 2 aromatic rings. The summed E-state index contributed by atoms with van der Waals surface area (Å²) >= 11 is 0. The van der Waals surface area contributed by atoms with Crippen LogP contribution in [0.15, 0.2) is 27.4 Å². The smallest absolute Gasteiger partial charge is 0.336 e. The second-order valence-electron chi connectivity index (χ2n) is 5.28. The van der Waals surface area contributed by atoms with Gasteiger partial charge in [0, 0.05) is 17.0 Å². The molecule has 2 amide bonds. The van der Waals surface area contributed by atoms with E-state index in [1.807, 2.05) is 5.32 Å². The van der Waals surface area contributed by atoms with Crippen LogP contribution in [0.5, 0.6) is 5.75 Å². The van der Waals surface area contributed by atoms with Crippen LogP contribution in [-0.4, -0.2) is 36.0 Å². The molecule has 0 spiro atoms. The van der Waals surface area contributed by atoms with Crippen molar-refractivity contribution in [2.45, 2.75) is 13.3 Å². The summed E-state index contributed by atoms with van der Waals surface area (Å²) in [6.45, 7) is 0.513. The first kappa shape index (κ1) is 18.0. The fourth-order valence-corrected chi connectivity index (χ4v) is 2.21. The molecule has 25 heavy (non-hydrogen) atoms. The van der Waals surface area contributed by atoms with Gasteiger partial charge in [-0.2, -0.15) is 0 Å². The molecule has 0 aliphatic rings. The zero-order chi connectivity index (χ0) is 18.6. The van der Waals surface area contributed by atoms with Crippen LogP contribution in [0.2, 0.25) is 0 Å². The van der Waals surface area contributed by atoms with E-state index in [4.69, 9.17) is 4.42 Å². The maximum absolute atomic E-state index is 12.0. The van der Waals surface area contributed by atoms with Gasteiger partial charge < -0.3 is 30.1 Å². The average molecular weight is 347 g/mol. The van der Waals surface area contributed by atoms with Crippen LogP contribution >= 0.6 is 0 Å².